The average molecular weight is 303 g/mol. The largest absolute Gasteiger partial charge is 0.421 e. The second kappa shape index (κ2) is 6.70. The molecule has 6 nitrogen and oxygen atoms in total. The molecule has 2 rings (SSSR count). The van der Waals surface area contributed by atoms with Crippen molar-refractivity contribution < 1.29 is 14.3 Å². The molecule has 0 aliphatic rings. The molecule has 0 aliphatic carbocycles. The van der Waals surface area contributed by atoms with Crippen LogP contribution in [-0.4, -0.2) is 33.4 Å². The molecule has 0 spiro atoms. The maximum absolute atomic E-state index is 12.4. The van der Waals surface area contributed by atoms with E-state index in [1.807, 2.05) is 19.9 Å². The minimum absolute atomic E-state index is 0.0337. The van der Waals surface area contributed by atoms with Gasteiger partial charge in [-0.2, -0.15) is 0 Å². The van der Waals surface area contributed by atoms with Crippen molar-refractivity contribution in [3.8, 4) is 11.5 Å². The van der Waals surface area contributed by atoms with Crippen molar-refractivity contribution in [2.45, 2.75) is 39.2 Å². The zero-order valence-electron chi connectivity index (χ0n) is 13.1. The summed E-state index contributed by atoms with van der Waals surface area (Å²) < 4.78 is 5.38. The quantitative estimate of drug-likeness (QED) is 0.855. The van der Waals surface area contributed by atoms with E-state index < -0.39 is 5.54 Å². The molecule has 1 aromatic heterocycles. The molecule has 0 saturated heterocycles. The van der Waals surface area contributed by atoms with Gasteiger partial charge < -0.3 is 14.8 Å². The molecule has 1 amide bonds. The van der Waals surface area contributed by atoms with Gasteiger partial charge in [-0.05, 0) is 38.0 Å². The molecule has 2 aromatic rings. The number of hydrogen-bond donors (Lipinski definition) is 2. The third kappa shape index (κ3) is 3.71. The third-order valence-electron chi connectivity index (χ3n) is 3.76. The van der Waals surface area contributed by atoms with Crippen LogP contribution in [0.1, 0.15) is 42.9 Å². The number of nitrogens with one attached hydrogen (secondary N) is 1. The maximum Gasteiger partial charge on any atom is 0.251 e. The lowest BCUT2D eigenvalue weighted by Crippen LogP contribution is -2.46. The first-order valence-corrected chi connectivity index (χ1v) is 7.31. The fourth-order valence-electron chi connectivity index (χ4n) is 2.13. The highest BCUT2D eigenvalue weighted by atomic mass is 16.4. The second-order valence-electron chi connectivity index (χ2n) is 5.55. The van der Waals surface area contributed by atoms with Gasteiger partial charge in [-0.25, -0.2) is 0 Å². The van der Waals surface area contributed by atoms with Gasteiger partial charge in [0.1, 0.15) is 0 Å². The lowest BCUT2D eigenvalue weighted by molar-refractivity contribution is 0.0886. The number of amides is 1. The molecule has 1 atom stereocenters. The SMILES string of the molecule is CCC(C)(CCO)NC(=O)c1cccc(-c2nnc(C)o2)c1. The van der Waals surface area contributed by atoms with E-state index in [4.69, 9.17) is 9.52 Å². The molecule has 0 bridgehead atoms. The Morgan fingerprint density at radius 3 is 2.77 bits per heavy atom. The van der Waals surface area contributed by atoms with E-state index in [1.165, 1.54) is 0 Å². The molecule has 0 fully saturated rings. The summed E-state index contributed by atoms with van der Waals surface area (Å²) in [6, 6.07) is 7.05. The summed E-state index contributed by atoms with van der Waals surface area (Å²) in [5.41, 5.74) is 0.794. The first-order valence-electron chi connectivity index (χ1n) is 7.31. The Balaban J connectivity index is 2.20. The van der Waals surface area contributed by atoms with Gasteiger partial charge in [-0.1, -0.05) is 13.0 Å². The summed E-state index contributed by atoms with van der Waals surface area (Å²) >= 11 is 0. The Morgan fingerprint density at radius 1 is 1.41 bits per heavy atom. The van der Waals surface area contributed by atoms with Gasteiger partial charge in [-0.3, -0.25) is 4.79 Å². The number of nitrogens with zero attached hydrogens (tertiary/aromatic N) is 2. The van der Waals surface area contributed by atoms with E-state index in [-0.39, 0.29) is 12.5 Å². The summed E-state index contributed by atoms with van der Waals surface area (Å²) in [7, 11) is 0. The van der Waals surface area contributed by atoms with Crippen LogP contribution in [0.15, 0.2) is 28.7 Å². The number of hydrogen-bond acceptors (Lipinski definition) is 5. The summed E-state index contributed by atoms with van der Waals surface area (Å²) in [5.74, 6) is 0.683. The van der Waals surface area contributed by atoms with E-state index in [1.54, 1.807) is 25.1 Å². The number of benzene rings is 1. The summed E-state index contributed by atoms with van der Waals surface area (Å²) in [5, 5.41) is 19.9. The first kappa shape index (κ1) is 16.2. The molecular formula is C16H21N3O3. The number of rotatable bonds is 6. The van der Waals surface area contributed by atoms with Crippen LogP contribution in [-0.2, 0) is 0 Å². The molecular weight excluding hydrogens is 282 g/mol. The fourth-order valence-corrected chi connectivity index (χ4v) is 2.13. The summed E-state index contributed by atoms with van der Waals surface area (Å²) in [6.07, 6.45) is 1.25. The summed E-state index contributed by atoms with van der Waals surface area (Å²) in [4.78, 5) is 12.4. The Morgan fingerprint density at radius 2 is 2.18 bits per heavy atom. The smallest absolute Gasteiger partial charge is 0.251 e. The molecule has 0 radical (unpaired) electrons. The minimum Gasteiger partial charge on any atom is -0.421 e. The number of carbonyl (C=O) groups is 1. The van der Waals surface area contributed by atoms with Crippen molar-refractivity contribution in [3.05, 3.63) is 35.7 Å². The van der Waals surface area contributed by atoms with Crippen LogP contribution in [0.5, 0.6) is 0 Å². The number of aromatic nitrogens is 2. The third-order valence-corrected chi connectivity index (χ3v) is 3.76. The summed E-state index contributed by atoms with van der Waals surface area (Å²) in [6.45, 7) is 5.65. The van der Waals surface area contributed by atoms with Gasteiger partial charge in [-0.15, -0.1) is 10.2 Å². The van der Waals surface area contributed by atoms with E-state index >= 15 is 0 Å². The molecule has 0 aliphatic heterocycles. The second-order valence-corrected chi connectivity index (χ2v) is 5.55. The van der Waals surface area contributed by atoms with Gasteiger partial charge in [0.25, 0.3) is 5.91 Å². The topological polar surface area (TPSA) is 88.2 Å². The highest BCUT2D eigenvalue weighted by Crippen LogP contribution is 2.20. The van der Waals surface area contributed by atoms with Crippen molar-refractivity contribution in [2.75, 3.05) is 6.61 Å². The number of aliphatic hydroxyl groups is 1. The molecule has 0 saturated carbocycles. The van der Waals surface area contributed by atoms with Crippen LogP contribution in [0.4, 0.5) is 0 Å². The normalized spacial score (nSPS) is 13.6. The lowest BCUT2D eigenvalue weighted by atomic mass is 9.94. The fraction of sp³-hybridized carbons (Fsp3) is 0.438. The van der Waals surface area contributed by atoms with Crippen molar-refractivity contribution in [1.29, 1.82) is 0 Å². The van der Waals surface area contributed by atoms with Crippen molar-refractivity contribution in [1.82, 2.24) is 15.5 Å². The van der Waals surface area contributed by atoms with Crippen molar-refractivity contribution >= 4 is 5.91 Å². The van der Waals surface area contributed by atoms with Gasteiger partial charge in [0.15, 0.2) is 0 Å². The standard InChI is InChI=1S/C16H21N3O3/c1-4-16(3,8-9-20)17-14(21)12-6-5-7-13(10-12)15-19-18-11(2)22-15/h5-7,10,20H,4,8-9H2,1-3H3,(H,17,21). The predicted molar refractivity (Wildman–Crippen MR) is 82.3 cm³/mol. The van der Waals surface area contributed by atoms with Gasteiger partial charge in [0.05, 0.1) is 0 Å². The Bertz CT molecular complexity index is 654. The molecule has 1 unspecified atom stereocenters. The van der Waals surface area contributed by atoms with Crippen LogP contribution in [0, 0.1) is 6.92 Å². The zero-order chi connectivity index (χ0) is 16.2. The van der Waals surface area contributed by atoms with Gasteiger partial charge >= 0.3 is 0 Å². The highest BCUT2D eigenvalue weighted by molar-refractivity contribution is 5.95. The molecule has 118 valence electrons. The Labute approximate surface area is 129 Å². The van der Waals surface area contributed by atoms with E-state index in [9.17, 15) is 4.79 Å². The zero-order valence-corrected chi connectivity index (χ0v) is 13.1. The minimum atomic E-state index is -0.428. The van der Waals surface area contributed by atoms with Crippen LogP contribution >= 0.6 is 0 Å². The average Bonchev–Trinajstić information content (AvgIpc) is 2.94. The van der Waals surface area contributed by atoms with Crippen LogP contribution in [0.25, 0.3) is 11.5 Å². The molecule has 1 aromatic carbocycles. The van der Waals surface area contributed by atoms with Crippen molar-refractivity contribution in [2.24, 2.45) is 0 Å². The van der Waals surface area contributed by atoms with Gasteiger partial charge in [0.2, 0.25) is 11.8 Å². The molecule has 6 heteroatoms. The van der Waals surface area contributed by atoms with Crippen molar-refractivity contribution in [3.63, 3.8) is 0 Å². The highest BCUT2D eigenvalue weighted by Gasteiger charge is 2.24. The number of aryl methyl sites for hydroxylation is 1. The van der Waals surface area contributed by atoms with Crippen LogP contribution < -0.4 is 5.32 Å². The van der Waals surface area contributed by atoms with Gasteiger partial charge in [0, 0.05) is 30.2 Å². The monoisotopic (exact) mass is 303 g/mol. The van der Waals surface area contributed by atoms with Crippen LogP contribution in [0.3, 0.4) is 0 Å². The Hall–Kier alpha value is -2.21. The van der Waals surface area contributed by atoms with E-state index in [0.29, 0.717) is 29.3 Å². The number of aliphatic hydroxyl groups excluding tert-OH is 1. The van der Waals surface area contributed by atoms with E-state index in [2.05, 4.69) is 15.5 Å². The first-order chi connectivity index (χ1) is 10.5. The predicted octanol–water partition coefficient (Wildman–Crippen LogP) is 2.33. The molecule has 2 N–H and O–H groups in total. The lowest BCUT2D eigenvalue weighted by Gasteiger charge is -2.29. The van der Waals surface area contributed by atoms with E-state index in [0.717, 1.165) is 6.42 Å². The molecule has 1 heterocycles. The van der Waals surface area contributed by atoms with Crippen LogP contribution in [0.2, 0.25) is 0 Å². The maximum atomic E-state index is 12.4. The number of carbonyl (C=O) groups excluding carboxylic acids is 1. The molecule has 22 heavy (non-hydrogen) atoms. The Kier molecular flexibility index (Phi) is 4.92.